The van der Waals surface area contributed by atoms with Crippen molar-refractivity contribution in [2.45, 2.75) is 12.8 Å². The van der Waals surface area contributed by atoms with Gasteiger partial charge in [-0.15, -0.1) is 0 Å². The molecule has 2 aromatic rings. The van der Waals surface area contributed by atoms with Crippen molar-refractivity contribution in [3.63, 3.8) is 0 Å². The fourth-order valence-electron chi connectivity index (χ4n) is 2.58. The monoisotopic (exact) mass is 347 g/mol. The van der Waals surface area contributed by atoms with Crippen LogP contribution in [0.15, 0.2) is 53.0 Å². The number of rotatable bonds is 7. The molecule has 1 unspecified atom stereocenters. The van der Waals surface area contributed by atoms with Crippen LogP contribution in [0.2, 0.25) is 0 Å². The van der Waals surface area contributed by atoms with Crippen molar-refractivity contribution in [1.82, 2.24) is 5.32 Å². The first kappa shape index (κ1) is 16.1. The van der Waals surface area contributed by atoms with Crippen LogP contribution in [0.1, 0.15) is 11.1 Å². The fraction of sp³-hybridized carbons (Fsp3) is 0.333. The van der Waals surface area contributed by atoms with Gasteiger partial charge in [0.05, 0.1) is 7.11 Å². The molecule has 2 aromatic carbocycles. The number of methoxy groups -OCH3 is 1. The third kappa shape index (κ3) is 4.87. The molecule has 0 saturated carbocycles. The molecule has 21 heavy (non-hydrogen) atoms. The number of hydrogen-bond acceptors (Lipinski definition) is 2. The van der Waals surface area contributed by atoms with E-state index in [-0.39, 0.29) is 0 Å². The smallest absolute Gasteiger partial charge is 0.118 e. The van der Waals surface area contributed by atoms with Crippen LogP contribution in [0.4, 0.5) is 0 Å². The first-order chi connectivity index (χ1) is 10.2. The maximum absolute atomic E-state index is 5.21. The Morgan fingerprint density at radius 3 is 2.38 bits per heavy atom. The van der Waals surface area contributed by atoms with Crippen LogP contribution < -0.4 is 10.1 Å². The van der Waals surface area contributed by atoms with Crippen LogP contribution in [0.25, 0.3) is 0 Å². The van der Waals surface area contributed by atoms with Gasteiger partial charge in [0.15, 0.2) is 0 Å². The highest BCUT2D eigenvalue weighted by Crippen LogP contribution is 2.22. The lowest BCUT2D eigenvalue weighted by molar-refractivity contribution is 0.414. The summed E-state index contributed by atoms with van der Waals surface area (Å²) in [5, 5.41) is 3.31. The molecule has 1 atom stereocenters. The molecule has 1 N–H and O–H groups in total. The molecule has 0 fully saturated rings. The van der Waals surface area contributed by atoms with Crippen LogP contribution in [0, 0.1) is 5.92 Å². The molecule has 0 heterocycles. The van der Waals surface area contributed by atoms with Crippen molar-refractivity contribution in [1.29, 1.82) is 0 Å². The third-order valence-electron chi connectivity index (χ3n) is 3.64. The lowest BCUT2D eigenvalue weighted by Gasteiger charge is -2.18. The van der Waals surface area contributed by atoms with Gasteiger partial charge < -0.3 is 10.1 Å². The van der Waals surface area contributed by atoms with Gasteiger partial charge in [0.2, 0.25) is 0 Å². The van der Waals surface area contributed by atoms with Gasteiger partial charge in [-0.2, -0.15) is 0 Å². The molecule has 0 amide bonds. The molecule has 0 saturated heterocycles. The second-order valence-electron chi connectivity index (χ2n) is 5.27. The van der Waals surface area contributed by atoms with E-state index in [1.54, 1.807) is 7.11 Å². The van der Waals surface area contributed by atoms with Gasteiger partial charge in [-0.25, -0.2) is 0 Å². The molecule has 0 aliphatic heterocycles. The van der Waals surface area contributed by atoms with Gasteiger partial charge in [-0.3, -0.25) is 0 Å². The Kier molecular flexibility index (Phi) is 6.27. The number of halogens is 1. The zero-order valence-corrected chi connectivity index (χ0v) is 14.2. The highest BCUT2D eigenvalue weighted by Gasteiger charge is 2.12. The molecule has 0 aliphatic carbocycles. The van der Waals surface area contributed by atoms with E-state index in [4.69, 9.17) is 4.74 Å². The first-order valence-electron chi connectivity index (χ1n) is 7.24. The summed E-state index contributed by atoms with van der Waals surface area (Å²) in [5.41, 5.74) is 2.72. The first-order valence-corrected chi connectivity index (χ1v) is 8.03. The van der Waals surface area contributed by atoms with Crippen molar-refractivity contribution < 1.29 is 4.74 Å². The second-order valence-corrected chi connectivity index (χ2v) is 6.13. The van der Waals surface area contributed by atoms with Crippen LogP contribution in [0.5, 0.6) is 5.75 Å². The van der Waals surface area contributed by atoms with Crippen LogP contribution in [-0.2, 0) is 12.8 Å². The van der Waals surface area contributed by atoms with Crippen molar-refractivity contribution in [3.05, 3.63) is 64.1 Å². The lowest BCUT2D eigenvalue weighted by atomic mass is 9.92. The summed E-state index contributed by atoms with van der Waals surface area (Å²) < 4.78 is 6.41. The molecule has 0 radical (unpaired) electrons. The van der Waals surface area contributed by atoms with Crippen molar-refractivity contribution in [2.24, 2.45) is 5.92 Å². The Hall–Kier alpha value is -1.32. The van der Waals surface area contributed by atoms with Crippen LogP contribution >= 0.6 is 15.9 Å². The predicted molar refractivity (Wildman–Crippen MR) is 92.0 cm³/mol. The average molecular weight is 348 g/mol. The Morgan fingerprint density at radius 2 is 1.76 bits per heavy atom. The third-order valence-corrected chi connectivity index (χ3v) is 4.42. The molecular weight excluding hydrogens is 326 g/mol. The summed E-state index contributed by atoms with van der Waals surface area (Å²) in [4.78, 5) is 0. The van der Waals surface area contributed by atoms with E-state index < -0.39 is 0 Å². The van der Waals surface area contributed by atoms with Crippen molar-refractivity contribution in [3.8, 4) is 5.75 Å². The molecule has 0 spiro atoms. The molecule has 2 nitrogen and oxygen atoms in total. The minimum absolute atomic E-state index is 0.571. The molecular formula is C18H22BrNO. The average Bonchev–Trinajstić information content (AvgIpc) is 2.50. The summed E-state index contributed by atoms with van der Waals surface area (Å²) in [6.45, 7) is 1.01. The minimum Gasteiger partial charge on any atom is -0.497 e. The molecule has 3 heteroatoms. The summed E-state index contributed by atoms with van der Waals surface area (Å²) >= 11 is 3.64. The van der Waals surface area contributed by atoms with E-state index in [0.717, 1.165) is 25.1 Å². The summed E-state index contributed by atoms with van der Waals surface area (Å²) in [5.74, 6) is 1.48. The van der Waals surface area contributed by atoms with E-state index in [2.05, 4.69) is 57.6 Å². The van der Waals surface area contributed by atoms with E-state index in [1.807, 2.05) is 19.2 Å². The van der Waals surface area contributed by atoms with E-state index in [0.29, 0.717) is 5.92 Å². The highest BCUT2D eigenvalue weighted by atomic mass is 79.9. The zero-order valence-electron chi connectivity index (χ0n) is 12.6. The topological polar surface area (TPSA) is 21.3 Å². The number of hydrogen-bond donors (Lipinski definition) is 1. The molecule has 0 bridgehead atoms. The fourth-order valence-corrected chi connectivity index (χ4v) is 3.02. The highest BCUT2D eigenvalue weighted by molar-refractivity contribution is 9.10. The molecule has 0 aromatic heterocycles. The number of benzene rings is 2. The van der Waals surface area contributed by atoms with Gasteiger partial charge >= 0.3 is 0 Å². The number of nitrogens with one attached hydrogen (secondary N) is 1. The number of ether oxygens (including phenoxy) is 1. The van der Waals surface area contributed by atoms with Gasteiger partial charge in [0, 0.05) is 4.47 Å². The van der Waals surface area contributed by atoms with Gasteiger partial charge in [-0.1, -0.05) is 46.3 Å². The van der Waals surface area contributed by atoms with Gasteiger partial charge in [0.25, 0.3) is 0 Å². The lowest BCUT2D eigenvalue weighted by Crippen LogP contribution is -2.23. The van der Waals surface area contributed by atoms with E-state index >= 15 is 0 Å². The Bertz CT molecular complexity index is 553. The standard InChI is InChI=1S/C18H22BrNO/c1-20-13-15(12-16-5-3-4-6-18(16)19)11-14-7-9-17(21-2)10-8-14/h3-10,15,20H,11-13H2,1-2H3. The maximum Gasteiger partial charge on any atom is 0.118 e. The Labute approximate surface area is 135 Å². The van der Waals surface area contributed by atoms with Crippen LogP contribution in [0.3, 0.4) is 0 Å². The predicted octanol–water partition coefficient (Wildman–Crippen LogP) is 4.08. The largest absolute Gasteiger partial charge is 0.497 e. The Morgan fingerprint density at radius 1 is 1.05 bits per heavy atom. The van der Waals surface area contributed by atoms with Crippen molar-refractivity contribution >= 4 is 15.9 Å². The van der Waals surface area contributed by atoms with E-state index in [1.165, 1.54) is 15.6 Å². The maximum atomic E-state index is 5.21. The summed E-state index contributed by atoms with van der Waals surface area (Å²) in [7, 11) is 3.72. The van der Waals surface area contributed by atoms with Gasteiger partial charge in [0.1, 0.15) is 5.75 Å². The minimum atomic E-state index is 0.571. The van der Waals surface area contributed by atoms with Crippen molar-refractivity contribution in [2.75, 3.05) is 20.7 Å². The van der Waals surface area contributed by atoms with Gasteiger partial charge in [-0.05, 0) is 61.7 Å². The van der Waals surface area contributed by atoms with Crippen LogP contribution in [-0.4, -0.2) is 20.7 Å². The molecule has 0 aliphatic rings. The Balaban J connectivity index is 2.06. The normalized spacial score (nSPS) is 12.1. The SMILES string of the molecule is CNCC(Cc1ccc(OC)cc1)Cc1ccccc1Br. The quantitative estimate of drug-likeness (QED) is 0.814. The second kappa shape index (κ2) is 8.20. The molecule has 112 valence electrons. The zero-order chi connectivity index (χ0) is 15.1. The van der Waals surface area contributed by atoms with E-state index in [9.17, 15) is 0 Å². The summed E-state index contributed by atoms with van der Waals surface area (Å²) in [6.07, 6.45) is 2.13. The molecule has 2 rings (SSSR count). The summed E-state index contributed by atoms with van der Waals surface area (Å²) in [6, 6.07) is 16.8.